The van der Waals surface area contributed by atoms with E-state index in [1.807, 2.05) is 18.2 Å². The van der Waals surface area contributed by atoms with Crippen LogP contribution >= 0.6 is 11.6 Å². The lowest BCUT2D eigenvalue weighted by Gasteiger charge is -2.42. The van der Waals surface area contributed by atoms with Gasteiger partial charge in [0.25, 0.3) is 11.4 Å². The van der Waals surface area contributed by atoms with Gasteiger partial charge in [-0.15, -0.1) is 4.98 Å². The van der Waals surface area contributed by atoms with Crippen molar-refractivity contribution in [2.24, 2.45) is 0 Å². The Morgan fingerprint density at radius 2 is 1.11 bits per heavy atom. The lowest BCUT2D eigenvalue weighted by atomic mass is 10.0. The predicted molar refractivity (Wildman–Crippen MR) is 350 cm³/mol. The fourth-order valence-corrected chi connectivity index (χ4v) is 12.3. The SMILES string of the molecule is CN1CCN(C2CCNCC2)CC1.COc1cc(N)ccc1N1CCC(N2CCN(C)CC2)CC1.COc1cc([N+](=O)[O-])ccc1F.COc1cc([N+](=O)[O-])ccc1N1CCC(N2CCN(C)CC2)CC1.[2H]C([2H])([2H])C([2H])([2H])c1nc([N+]#[C-])c(Cl)nc1NC1CCOCC1. The molecule has 7 fully saturated rings. The molecule has 26 heteroatoms. The fourth-order valence-electron chi connectivity index (χ4n) is 12.1. The lowest BCUT2D eigenvalue weighted by molar-refractivity contribution is -0.385. The molecule has 7 aliphatic heterocycles. The topological polar surface area (TPSA) is 229 Å². The van der Waals surface area contributed by atoms with Crippen LogP contribution in [-0.4, -0.2) is 247 Å². The third kappa shape index (κ3) is 21.0. The number of likely N-dealkylation sites (N-methyl/N-ethyl adjacent to an activating group) is 3. The molecule has 11 rings (SSSR count). The van der Waals surface area contributed by atoms with Gasteiger partial charge in [-0.1, -0.05) is 25.0 Å². The Kier molecular flexibility index (Phi) is 25.2. The minimum absolute atomic E-state index is 0.0459. The molecular formula is C63H96ClFN16O8. The molecule has 0 unspecified atom stereocenters. The Labute approximate surface area is 537 Å². The van der Waals surface area contributed by atoms with Gasteiger partial charge in [0.15, 0.2) is 28.2 Å². The molecule has 89 heavy (non-hydrogen) atoms. The van der Waals surface area contributed by atoms with E-state index >= 15 is 0 Å². The molecule has 0 radical (unpaired) electrons. The summed E-state index contributed by atoms with van der Waals surface area (Å²) in [5.41, 5.74) is 8.20. The fraction of sp³-hybridized carbons (Fsp3) is 0.635. The average Bonchev–Trinajstić information content (AvgIpc) is 0.790. The summed E-state index contributed by atoms with van der Waals surface area (Å²) in [7, 11) is 11.2. The van der Waals surface area contributed by atoms with Gasteiger partial charge < -0.3 is 64.7 Å². The number of anilines is 4. The van der Waals surface area contributed by atoms with Crippen LogP contribution in [0.25, 0.3) is 4.85 Å². The molecule has 1 aromatic heterocycles. The van der Waals surface area contributed by atoms with Gasteiger partial charge in [0, 0.05) is 179 Å². The van der Waals surface area contributed by atoms with Gasteiger partial charge >= 0.3 is 5.82 Å². The summed E-state index contributed by atoms with van der Waals surface area (Å²) >= 11 is 5.87. The van der Waals surface area contributed by atoms with Crippen LogP contribution in [0.2, 0.25) is 5.15 Å². The number of nitrogens with two attached hydrogens (primary N) is 1. The Balaban J connectivity index is 0.000000170. The molecule has 8 heterocycles. The summed E-state index contributed by atoms with van der Waals surface area (Å²) in [5, 5.41) is 27.4. The second-order valence-corrected chi connectivity index (χ2v) is 23.7. The zero-order valence-corrected chi connectivity index (χ0v) is 53.5. The zero-order valence-electron chi connectivity index (χ0n) is 57.7. The number of hydrogen-bond acceptors (Lipinski definition) is 21. The van der Waals surface area contributed by atoms with Crippen LogP contribution in [0.5, 0.6) is 17.2 Å². The van der Waals surface area contributed by atoms with Crippen molar-refractivity contribution >= 4 is 51.7 Å². The number of nitrogens with one attached hydrogen (secondary N) is 2. The van der Waals surface area contributed by atoms with E-state index in [2.05, 4.69) is 96.6 Å². The largest absolute Gasteiger partial charge is 0.495 e. The molecule has 0 atom stereocenters. The number of aromatic nitrogens is 2. The normalized spacial score (nSPS) is 21.1. The first-order chi connectivity index (χ1) is 44.9. The van der Waals surface area contributed by atoms with Crippen LogP contribution in [-0.2, 0) is 11.1 Å². The number of benzene rings is 3. The van der Waals surface area contributed by atoms with Crippen molar-refractivity contribution in [3.05, 3.63) is 103 Å². The van der Waals surface area contributed by atoms with Gasteiger partial charge in [-0.05, 0) is 110 Å². The highest BCUT2D eigenvalue weighted by atomic mass is 35.5. The second kappa shape index (κ2) is 35.8. The Morgan fingerprint density at radius 3 is 1.56 bits per heavy atom. The van der Waals surface area contributed by atoms with E-state index in [1.54, 1.807) is 20.3 Å². The van der Waals surface area contributed by atoms with E-state index in [4.69, 9.17) is 45.0 Å². The van der Waals surface area contributed by atoms with Crippen LogP contribution in [0, 0.1) is 32.6 Å². The Hall–Kier alpha value is -6.47. The first-order valence-electron chi connectivity index (χ1n) is 33.4. The molecule has 0 bridgehead atoms. The van der Waals surface area contributed by atoms with Gasteiger partial charge in [0.05, 0.1) is 54.7 Å². The van der Waals surface area contributed by atoms with Gasteiger partial charge in [0.2, 0.25) is 0 Å². The number of nitro groups is 2. The number of nitrogen functional groups attached to an aromatic ring is 1. The number of nitrogens with zero attached hydrogens (tertiary/aromatic N) is 13. The molecule has 7 aliphatic rings. The van der Waals surface area contributed by atoms with E-state index in [-0.39, 0.29) is 44.9 Å². The van der Waals surface area contributed by atoms with E-state index in [1.165, 1.54) is 110 Å². The zero-order chi connectivity index (χ0) is 68.1. The van der Waals surface area contributed by atoms with Crippen molar-refractivity contribution < 1.29 is 40.0 Å². The van der Waals surface area contributed by atoms with Crippen molar-refractivity contribution in [1.82, 2.24) is 44.7 Å². The molecular weight excluding hydrogens is 1160 g/mol. The molecule has 3 aromatic carbocycles. The number of hydrogen-bond donors (Lipinski definition) is 3. The van der Waals surface area contributed by atoms with Crippen LogP contribution in [0.15, 0.2) is 54.6 Å². The summed E-state index contributed by atoms with van der Waals surface area (Å²) in [6, 6.07) is 16.2. The lowest BCUT2D eigenvalue weighted by Crippen LogP contribution is -2.52. The highest BCUT2D eigenvalue weighted by molar-refractivity contribution is 6.31. The van der Waals surface area contributed by atoms with Crippen molar-refractivity contribution in [1.29, 1.82) is 0 Å². The number of ether oxygens (including phenoxy) is 4. The second-order valence-electron chi connectivity index (χ2n) is 23.4. The van der Waals surface area contributed by atoms with Crippen molar-refractivity contribution in [2.75, 3.05) is 194 Å². The third-order valence-electron chi connectivity index (χ3n) is 17.6. The standard InChI is InChI=1S/C17H26N4O3.C17H28N4O.C12H15ClN4O.C10H21N3.C7H6FNO3/c1-18-9-11-19(12-10-18)14-5-7-20(8-6-14)16-4-3-15(21(22)23)13-17(16)24-2;1-19-9-11-20(12-10-19)15-5-7-21(8-6-15)16-4-3-14(18)13-17(16)22-2;1-3-9-11(15-8-4-6-18-7-5-8)17-10(13)12(14-2)16-9;1-12-6-8-13(9-7-12)10-2-4-11-5-3-10;1-12-7-4-5(9(10)11)2-3-6(7)8/h3-4,13-14H,5-12H2,1-2H3;3-4,13,15H,5-12,18H2,1-2H3;8H,3-7H2,1H3,(H,15,17);10-11H,2-9H2,1H3;2-4H,1H3/i;;1D3,3D2;;. The van der Waals surface area contributed by atoms with Crippen molar-refractivity contribution in [2.45, 2.75) is 88.8 Å². The Bertz CT molecular complexity index is 3080. The number of nitro benzene ring substituents is 2. The molecule has 0 aliphatic carbocycles. The molecule has 24 nitrogen and oxygen atoms in total. The first kappa shape index (κ1) is 62.7. The van der Waals surface area contributed by atoms with E-state index in [9.17, 15) is 24.6 Å². The van der Waals surface area contributed by atoms with Crippen LogP contribution < -0.4 is 40.4 Å². The van der Waals surface area contributed by atoms with Crippen molar-refractivity contribution in [3.8, 4) is 17.2 Å². The van der Waals surface area contributed by atoms with Crippen LogP contribution in [0.1, 0.15) is 70.8 Å². The molecule has 4 N–H and O–H groups in total. The van der Waals surface area contributed by atoms with Gasteiger partial charge in [-0.25, -0.2) is 9.37 Å². The summed E-state index contributed by atoms with van der Waals surface area (Å²) in [5.74, 6) is 0.371. The summed E-state index contributed by atoms with van der Waals surface area (Å²) in [6.45, 7) is 26.2. The molecule has 0 amide bonds. The highest BCUT2D eigenvalue weighted by Crippen LogP contribution is 2.36. The number of rotatable bonds is 13. The summed E-state index contributed by atoms with van der Waals surface area (Å²) < 4.78 is 71.4. The number of non-ortho nitro benzene ring substituents is 2. The third-order valence-corrected chi connectivity index (χ3v) is 17.9. The number of aryl methyl sites for hydroxylation is 1. The van der Waals surface area contributed by atoms with E-state index in [0.29, 0.717) is 37.8 Å². The number of piperidine rings is 3. The summed E-state index contributed by atoms with van der Waals surface area (Å²) in [4.78, 5) is 50.9. The number of piperazine rings is 3. The smallest absolute Gasteiger partial charge is 0.307 e. The number of halogens is 2. The van der Waals surface area contributed by atoms with E-state index in [0.717, 1.165) is 113 Å². The highest BCUT2D eigenvalue weighted by Gasteiger charge is 2.31. The number of methoxy groups -OCH3 is 3. The average molecular weight is 1270 g/mol. The summed E-state index contributed by atoms with van der Waals surface area (Å²) in [6.07, 6.45) is 5.99. The van der Waals surface area contributed by atoms with Crippen molar-refractivity contribution in [3.63, 3.8) is 0 Å². The quantitative estimate of drug-likeness (QED) is 0.0500. The monoisotopic (exact) mass is 1260 g/mol. The molecule has 4 aromatic rings. The molecule has 7 saturated heterocycles. The maximum Gasteiger partial charge on any atom is 0.307 e. The van der Waals surface area contributed by atoms with E-state index < -0.39 is 29.7 Å². The van der Waals surface area contributed by atoms with Gasteiger partial charge in [0.1, 0.15) is 11.5 Å². The molecule has 490 valence electrons. The maximum absolute atomic E-state index is 12.7. The molecule has 0 saturated carbocycles. The Morgan fingerprint density at radius 1 is 0.674 bits per heavy atom. The van der Waals surface area contributed by atoms with Crippen LogP contribution in [0.3, 0.4) is 0 Å². The minimum Gasteiger partial charge on any atom is -0.495 e. The van der Waals surface area contributed by atoms with Gasteiger partial charge in [-0.3, -0.25) is 34.9 Å². The molecule has 0 spiro atoms. The first-order valence-corrected chi connectivity index (χ1v) is 31.3. The predicted octanol–water partition coefficient (Wildman–Crippen LogP) is 7.88. The van der Waals surface area contributed by atoms with Gasteiger partial charge in [-0.2, -0.15) is 0 Å². The minimum atomic E-state index is -2.96. The van der Waals surface area contributed by atoms with Crippen LogP contribution in [0.4, 0.5) is 44.5 Å². The maximum atomic E-state index is 12.7.